The van der Waals surface area contributed by atoms with E-state index >= 15 is 0 Å². The van der Waals surface area contributed by atoms with Crippen LogP contribution in [0.5, 0.6) is 5.75 Å². The minimum absolute atomic E-state index is 0.531. The van der Waals surface area contributed by atoms with Gasteiger partial charge in [-0.05, 0) is 62.5 Å². The molecule has 0 aliphatic heterocycles. The second-order valence-electron chi connectivity index (χ2n) is 6.21. The molecule has 1 aromatic carbocycles. The van der Waals surface area contributed by atoms with E-state index in [0.29, 0.717) is 13.1 Å². The number of benzene rings is 1. The van der Waals surface area contributed by atoms with Gasteiger partial charge >= 0.3 is 0 Å². The van der Waals surface area contributed by atoms with Crippen molar-refractivity contribution in [2.75, 3.05) is 33.4 Å². The van der Waals surface area contributed by atoms with Gasteiger partial charge < -0.3 is 14.4 Å². The molecule has 0 fully saturated rings. The van der Waals surface area contributed by atoms with E-state index in [9.17, 15) is 4.79 Å². The molecule has 0 unspecified atom stereocenters. The van der Waals surface area contributed by atoms with Gasteiger partial charge in [-0.2, -0.15) is 0 Å². The number of hydrogen-bond donors (Lipinski definition) is 0. The molecule has 0 radical (unpaired) electrons. The lowest BCUT2D eigenvalue weighted by Gasteiger charge is -2.21. The van der Waals surface area contributed by atoms with E-state index in [4.69, 9.17) is 9.47 Å². The monoisotopic (exact) mass is 335 g/mol. The quantitative estimate of drug-likeness (QED) is 0.381. The molecule has 0 saturated heterocycles. The van der Waals surface area contributed by atoms with Gasteiger partial charge in [0, 0.05) is 6.54 Å². The summed E-state index contributed by atoms with van der Waals surface area (Å²) < 4.78 is 10.0. The number of nitrogens with zero attached hydrogens (tertiary/aromatic N) is 1. The van der Waals surface area contributed by atoms with E-state index < -0.39 is 0 Å². The lowest BCUT2D eigenvalue weighted by Crippen LogP contribution is -2.27. The molecule has 4 heteroatoms. The molecular formula is C20H33NO3. The van der Waals surface area contributed by atoms with Crippen molar-refractivity contribution in [3.63, 3.8) is 0 Å². The normalized spacial score (nSPS) is 10.8. The van der Waals surface area contributed by atoms with Crippen LogP contribution >= 0.6 is 0 Å². The van der Waals surface area contributed by atoms with Crippen LogP contribution in [0.2, 0.25) is 0 Å². The Morgan fingerprint density at radius 2 is 1.83 bits per heavy atom. The summed E-state index contributed by atoms with van der Waals surface area (Å²) in [6, 6.07) is 6.32. The van der Waals surface area contributed by atoms with Crippen molar-refractivity contribution in [3.05, 3.63) is 29.3 Å². The Balaban J connectivity index is 2.21. The first-order valence-corrected chi connectivity index (χ1v) is 9.12. The molecule has 1 aromatic rings. The third kappa shape index (κ3) is 8.34. The summed E-state index contributed by atoms with van der Waals surface area (Å²) >= 11 is 0. The molecule has 136 valence electrons. The highest BCUT2D eigenvalue weighted by Gasteiger charge is 2.06. The number of methoxy groups -OCH3 is 1. The van der Waals surface area contributed by atoms with Crippen LogP contribution in [0.3, 0.4) is 0 Å². The van der Waals surface area contributed by atoms with Crippen LogP contribution in [-0.2, 0) is 16.0 Å². The summed E-state index contributed by atoms with van der Waals surface area (Å²) in [4.78, 5) is 12.6. The molecule has 0 spiro atoms. The van der Waals surface area contributed by atoms with Gasteiger partial charge in [0.15, 0.2) is 0 Å². The first-order valence-electron chi connectivity index (χ1n) is 9.12. The molecule has 0 aliphatic carbocycles. The zero-order chi connectivity index (χ0) is 17.6. The lowest BCUT2D eigenvalue weighted by molar-refractivity contribution is -0.128. The molecule has 4 nitrogen and oxygen atoms in total. The number of carbonyl (C=O) groups excluding carboxylic acids is 1. The van der Waals surface area contributed by atoms with Crippen molar-refractivity contribution in [2.45, 2.75) is 52.4 Å². The third-order valence-corrected chi connectivity index (χ3v) is 4.51. The summed E-state index contributed by atoms with van der Waals surface area (Å²) in [6.45, 7) is 8.83. The third-order valence-electron chi connectivity index (χ3n) is 4.51. The average molecular weight is 335 g/mol. The Hall–Kier alpha value is -1.55. The van der Waals surface area contributed by atoms with Crippen LogP contribution in [0.15, 0.2) is 18.2 Å². The Bertz CT molecular complexity index is 462. The van der Waals surface area contributed by atoms with Crippen LogP contribution in [-0.4, -0.2) is 44.7 Å². The molecule has 0 amide bonds. The topological polar surface area (TPSA) is 38.8 Å². The second kappa shape index (κ2) is 12.8. The molecule has 0 N–H and O–H groups in total. The molecule has 0 saturated carbocycles. The van der Waals surface area contributed by atoms with E-state index in [1.165, 1.54) is 30.4 Å². The van der Waals surface area contributed by atoms with Gasteiger partial charge in [-0.1, -0.05) is 32.3 Å². The second-order valence-corrected chi connectivity index (χ2v) is 6.21. The zero-order valence-corrected chi connectivity index (χ0v) is 15.6. The fourth-order valence-electron chi connectivity index (χ4n) is 2.85. The van der Waals surface area contributed by atoms with Gasteiger partial charge in [0.25, 0.3) is 6.47 Å². The molecule has 0 heterocycles. The van der Waals surface area contributed by atoms with Crippen molar-refractivity contribution in [3.8, 4) is 5.75 Å². The molecular weight excluding hydrogens is 302 g/mol. The molecule has 24 heavy (non-hydrogen) atoms. The number of aryl methyl sites for hydroxylation is 1. The summed E-state index contributed by atoms with van der Waals surface area (Å²) in [7, 11) is 1.72. The maximum atomic E-state index is 10.0. The van der Waals surface area contributed by atoms with Gasteiger partial charge in [0.1, 0.15) is 5.75 Å². The fourth-order valence-corrected chi connectivity index (χ4v) is 2.85. The molecule has 1 rings (SSSR count). The van der Waals surface area contributed by atoms with Crippen molar-refractivity contribution >= 4 is 6.47 Å². The lowest BCUT2D eigenvalue weighted by atomic mass is 10.0. The largest absolute Gasteiger partial charge is 0.497 e. The van der Waals surface area contributed by atoms with Gasteiger partial charge in [0.2, 0.25) is 0 Å². The van der Waals surface area contributed by atoms with Gasteiger partial charge in [0.05, 0.1) is 13.7 Å². The Morgan fingerprint density at radius 1 is 1.08 bits per heavy atom. The van der Waals surface area contributed by atoms with Gasteiger partial charge in [-0.25, -0.2) is 0 Å². The standard InChI is InChI=1S/C20H33NO3/c1-4-21(13-8-6-5-7-9-15-24-17-22)14-12-19-16-20(23-3)11-10-18(19)2/h10-11,16-17H,4-9,12-15H2,1-3H3. The number of unbranched alkanes of at least 4 members (excludes halogenated alkanes) is 4. The Labute approximate surface area is 147 Å². The van der Waals surface area contributed by atoms with Crippen LogP contribution < -0.4 is 4.74 Å². The molecule has 0 atom stereocenters. The van der Waals surface area contributed by atoms with Crippen molar-refractivity contribution in [1.82, 2.24) is 4.90 Å². The van der Waals surface area contributed by atoms with Crippen LogP contribution in [0.25, 0.3) is 0 Å². The maximum absolute atomic E-state index is 10.0. The van der Waals surface area contributed by atoms with Crippen LogP contribution in [0, 0.1) is 6.92 Å². The summed E-state index contributed by atoms with van der Waals surface area (Å²) in [5, 5.41) is 0. The van der Waals surface area contributed by atoms with E-state index in [2.05, 4.69) is 30.9 Å². The number of carbonyl (C=O) groups is 1. The Morgan fingerprint density at radius 3 is 2.54 bits per heavy atom. The molecule has 0 aliphatic rings. The highest BCUT2D eigenvalue weighted by Crippen LogP contribution is 2.18. The van der Waals surface area contributed by atoms with E-state index in [-0.39, 0.29) is 0 Å². The van der Waals surface area contributed by atoms with E-state index in [1.807, 2.05) is 6.07 Å². The van der Waals surface area contributed by atoms with Gasteiger partial charge in [-0.15, -0.1) is 0 Å². The minimum atomic E-state index is 0.531. The van der Waals surface area contributed by atoms with Crippen LogP contribution in [0.1, 0.15) is 50.2 Å². The number of likely N-dealkylation sites (N-methyl/N-ethyl adjacent to an activating group) is 1. The first kappa shape index (κ1) is 20.5. The molecule has 0 bridgehead atoms. The highest BCUT2D eigenvalue weighted by atomic mass is 16.5. The summed E-state index contributed by atoms with van der Waals surface area (Å²) in [5.41, 5.74) is 2.72. The number of hydrogen-bond acceptors (Lipinski definition) is 4. The summed E-state index contributed by atoms with van der Waals surface area (Å²) in [6.07, 6.45) is 6.89. The smallest absolute Gasteiger partial charge is 0.293 e. The minimum Gasteiger partial charge on any atom is -0.497 e. The fraction of sp³-hybridized carbons (Fsp3) is 0.650. The predicted octanol–water partition coefficient (Wildman–Crippen LogP) is 3.99. The van der Waals surface area contributed by atoms with Gasteiger partial charge in [-0.3, -0.25) is 4.79 Å². The van der Waals surface area contributed by atoms with E-state index in [1.54, 1.807) is 7.11 Å². The number of rotatable bonds is 14. The van der Waals surface area contributed by atoms with Crippen molar-refractivity contribution < 1.29 is 14.3 Å². The number of ether oxygens (including phenoxy) is 2. The maximum Gasteiger partial charge on any atom is 0.293 e. The Kier molecular flexibility index (Phi) is 10.9. The predicted molar refractivity (Wildman–Crippen MR) is 98.7 cm³/mol. The zero-order valence-electron chi connectivity index (χ0n) is 15.6. The average Bonchev–Trinajstić information content (AvgIpc) is 2.61. The first-order chi connectivity index (χ1) is 11.7. The van der Waals surface area contributed by atoms with Crippen LogP contribution in [0.4, 0.5) is 0 Å². The van der Waals surface area contributed by atoms with Crippen molar-refractivity contribution in [1.29, 1.82) is 0 Å². The molecule has 0 aromatic heterocycles. The van der Waals surface area contributed by atoms with E-state index in [0.717, 1.165) is 44.6 Å². The summed E-state index contributed by atoms with van der Waals surface area (Å²) in [5.74, 6) is 0.942. The SMILES string of the molecule is CCN(CCCCCCCOC=O)CCc1cc(OC)ccc1C. The highest BCUT2D eigenvalue weighted by molar-refractivity contribution is 5.36. The van der Waals surface area contributed by atoms with Crippen molar-refractivity contribution in [2.24, 2.45) is 0 Å².